The first-order valence-electron chi connectivity index (χ1n) is 2.58. The summed E-state index contributed by atoms with van der Waals surface area (Å²) < 4.78 is 0. The molecule has 0 saturated heterocycles. The van der Waals surface area contributed by atoms with Crippen LogP contribution in [-0.2, 0) is 4.79 Å². The number of hydrogen-bond donors (Lipinski definition) is 4. The second-order valence-electron chi connectivity index (χ2n) is 1.69. The van der Waals surface area contributed by atoms with Crippen LogP contribution in [0, 0.1) is 0 Å². The van der Waals surface area contributed by atoms with Gasteiger partial charge in [-0.15, -0.1) is 0 Å². The number of aliphatic carboxylic acids is 1. The van der Waals surface area contributed by atoms with Crippen LogP contribution in [0.1, 0.15) is 6.92 Å². The van der Waals surface area contributed by atoms with Gasteiger partial charge in [-0.3, -0.25) is 10.2 Å². The lowest BCUT2D eigenvalue weighted by molar-refractivity contribution is -0.139. The number of nitrogens with two attached hydrogens (primary N) is 1. The second-order valence-corrected chi connectivity index (χ2v) is 1.69. The van der Waals surface area contributed by atoms with Crippen molar-refractivity contribution in [2.45, 2.75) is 13.0 Å². The van der Waals surface area contributed by atoms with E-state index in [1.807, 2.05) is 5.43 Å². The predicted molar refractivity (Wildman–Crippen MR) is 33.0 cm³/mol. The van der Waals surface area contributed by atoms with Crippen molar-refractivity contribution in [2.75, 3.05) is 0 Å². The van der Waals surface area contributed by atoms with E-state index < -0.39 is 18.0 Å². The van der Waals surface area contributed by atoms with E-state index in [-0.39, 0.29) is 0 Å². The highest BCUT2D eigenvalue weighted by Crippen LogP contribution is 1.75. The van der Waals surface area contributed by atoms with Gasteiger partial charge >= 0.3 is 12.0 Å². The van der Waals surface area contributed by atoms with Crippen molar-refractivity contribution in [1.82, 2.24) is 10.9 Å². The van der Waals surface area contributed by atoms with Gasteiger partial charge in [0.1, 0.15) is 6.04 Å². The van der Waals surface area contributed by atoms with E-state index in [9.17, 15) is 9.59 Å². The Balaban J connectivity index is 3.49. The number of urea groups is 1. The fourth-order valence-corrected chi connectivity index (χ4v) is 0.241. The number of nitrogens with one attached hydrogen (secondary N) is 2. The quantitative estimate of drug-likeness (QED) is 0.370. The number of carboxylic acid groups (broad SMARTS) is 1. The van der Waals surface area contributed by atoms with E-state index in [2.05, 4.69) is 11.2 Å². The van der Waals surface area contributed by atoms with Gasteiger partial charge in [0.05, 0.1) is 0 Å². The summed E-state index contributed by atoms with van der Waals surface area (Å²) in [5, 5.41) is 8.24. The van der Waals surface area contributed by atoms with E-state index in [4.69, 9.17) is 5.11 Å². The molecule has 0 aliphatic carbocycles. The molecule has 0 fully saturated rings. The Kier molecular flexibility index (Phi) is 3.20. The molecular weight excluding hydrogens is 138 g/mol. The maximum Gasteiger partial charge on any atom is 0.326 e. The Morgan fingerprint density at radius 1 is 1.60 bits per heavy atom. The lowest BCUT2D eigenvalue weighted by atomic mass is 10.4. The minimum absolute atomic E-state index is 0.812. The molecule has 0 rings (SSSR count). The average molecular weight is 147 g/mol. The van der Waals surface area contributed by atoms with Gasteiger partial charge in [-0.25, -0.2) is 10.2 Å². The van der Waals surface area contributed by atoms with Crippen LogP contribution >= 0.6 is 0 Å². The number of hydrazine groups is 1. The van der Waals surface area contributed by atoms with Crippen LogP contribution in [0.25, 0.3) is 0 Å². The van der Waals surface area contributed by atoms with E-state index in [1.54, 1.807) is 0 Å². The average Bonchev–Trinajstić information content (AvgIpc) is 1.82. The molecule has 0 aromatic heterocycles. The van der Waals surface area contributed by atoms with Gasteiger partial charge in [-0.2, -0.15) is 0 Å². The zero-order valence-electron chi connectivity index (χ0n) is 5.42. The largest absolute Gasteiger partial charge is 0.480 e. The molecule has 58 valence electrons. The molecule has 0 aromatic rings. The molecule has 0 bridgehead atoms. The number of carbonyl (C=O) groups excluding carboxylic acids is 1. The van der Waals surface area contributed by atoms with Crippen LogP contribution < -0.4 is 16.6 Å². The molecule has 0 aliphatic heterocycles. The summed E-state index contributed by atoms with van der Waals surface area (Å²) in [6, 6.07) is -1.65. The Labute approximate surface area is 57.4 Å². The fourth-order valence-electron chi connectivity index (χ4n) is 0.241. The lowest BCUT2D eigenvalue weighted by Gasteiger charge is -2.07. The first-order valence-corrected chi connectivity index (χ1v) is 2.58. The van der Waals surface area contributed by atoms with Crippen LogP contribution in [0.2, 0.25) is 0 Å². The molecule has 0 aromatic carbocycles. The highest BCUT2D eigenvalue weighted by Gasteiger charge is 2.08. The number of amides is 2. The summed E-state index contributed by atoms with van der Waals surface area (Å²) >= 11 is 0. The monoisotopic (exact) mass is 147 g/mol. The fraction of sp³-hybridized carbons (Fsp3) is 0.500. The van der Waals surface area contributed by atoms with Crippen molar-refractivity contribution < 1.29 is 14.7 Å². The first-order chi connectivity index (χ1) is 4.54. The standard InChI is InChI=1S/C4H9N3O3/c1-2(3(8)9)6-7-4(5)10/h2,6H,1H3,(H,8,9)(H3,5,7,10)/t2-/m1/s1. The minimum atomic E-state index is -1.06. The van der Waals surface area contributed by atoms with E-state index in [1.165, 1.54) is 6.92 Å². The van der Waals surface area contributed by atoms with Gasteiger partial charge in [0.15, 0.2) is 0 Å². The van der Waals surface area contributed by atoms with Crippen molar-refractivity contribution in [3.05, 3.63) is 0 Å². The zero-order valence-corrected chi connectivity index (χ0v) is 5.42. The molecular formula is C4H9N3O3. The summed E-state index contributed by atoms with van der Waals surface area (Å²) in [7, 11) is 0. The molecule has 1 atom stereocenters. The van der Waals surface area contributed by atoms with Gasteiger partial charge in [0.25, 0.3) is 0 Å². The second kappa shape index (κ2) is 3.67. The molecule has 0 spiro atoms. The summed E-state index contributed by atoms with van der Waals surface area (Å²) in [5.41, 5.74) is 8.73. The normalized spacial score (nSPS) is 12.1. The topological polar surface area (TPSA) is 104 Å². The maximum absolute atomic E-state index is 10.1. The molecule has 0 aliphatic rings. The van der Waals surface area contributed by atoms with Crippen LogP contribution in [0.4, 0.5) is 4.79 Å². The molecule has 2 amide bonds. The van der Waals surface area contributed by atoms with Crippen molar-refractivity contribution in [2.24, 2.45) is 5.73 Å². The van der Waals surface area contributed by atoms with Crippen LogP contribution in [0.5, 0.6) is 0 Å². The summed E-state index contributed by atoms with van der Waals surface area (Å²) in [6.07, 6.45) is 0. The van der Waals surface area contributed by atoms with Gasteiger partial charge < -0.3 is 10.8 Å². The van der Waals surface area contributed by atoms with Crippen molar-refractivity contribution in [3.63, 3.8) is 0 Å². The Morgan fingerprint density at radius 2 is 2.10 bits per heavy atom. The van der Waals surface area contributed by atoms with Crippen LogP contribution in [0.15, 0.2) is 0 Å². The van der Waals surface area contributed by atoms with Crippen molar-refractivity contribution in [3.8, 4) is 0 Å². The molecule has 5 N–H and O–H groups in total. The summed E-state index contributed by atoms with van der Waals surface area (Å²) in [6.45, 7) is 1.37. The summed E-state index contributed by atoms with van der Waals surface area (Å²) in [4.78, 5) is 20.0. The van der Waals surface area contributed by atoms with Gasteiger partial charge in [-0.1, -0.05) is 0 Å². The third-order valence-corrected chi connectivity index (χ3v) is 0.782. The van der Waals surface area contributed by atoms with Gasteiger partial charge in [0.2, 0.25) is 0 Å². The number of carbonyl (C=O) groups is 2. The maximum atomic E-state index is 10.1. The third-order valence-electron chi connectivity index (χ3n) is 0.782. The van der Waals surface area contributed by atoms with E-state index in [0.717, 1.165) is 0 Å². The smallest absolute Gasteiger partial charge is 0.326 e. The van der Waals surface area contributed by atoms with Gasteiger partial charge in [-0.05, 0) is 6.92 Å². The van der Waals surface area contributed by atoms with E-state index in [0.29, 0.717) is 0 Å². The van der Waals surface area contributed by atoms with Crippen LogP contribution in [0.3, 0.4) is 0 Å². The SMILES string of the molecule is C[C@@H](NNC(N)=O)C(=O)O. The number of hydrogen-bond acceptors (Lipinski definition) is 3. The lowest BCUT2D eigenvalue weighted by Crippen LogP contribution is -2.48. The van der Waals surface area contributed by atoms with Gasteiger partial charge in [0, 0.05) is 0 Å². The number of rotatable bonds is 3. The summed E-state index contributed by atoms with van der Waals surface area (Å²) in [5.74, 6) is -1.06. The Bertz CT molecular complexity index is 147. The molecule has 0 saturated carbocycles. The molecule has 0 radical (unpaired) electrons. The molecule has 0 heterocycles. The molecule has 6 nitrogen and oxygen atoms in total. The molecule has 6 heteroatoms. The Hall–Kier alpha value is -1.30. The minimum Gasteiger partial charge on any atom is -0.480 e. The zero-order chi connectivity index (χ0) is 8.15. The van der Waals surface area contributed by atoms with Crippen molar-refractivity contribution >= 4 is 12.0 Å². The highest BCUT2D eigenvalue weighted by molar-refractivity contribution is 5.75. The third kappa shape index (κ3) is 3.67. The van der Waals surface area contributed by atoms with Crippen molar-refractivity contribution in [1.29, 1.82) is 0 Å². The first kappa shape index (κ1) is 8.70. The van der Waals surface area contributed by atoms with Crippen LogP contribution in [-0.4, -0.2) is 23.1 Å². The molecule has 10 heavy (non-hydrogen) atoms. The number of primary amides is 1. The number of carboxylic acids is 1. The highest BCUT2D eigenvalue weighted by atomic mass is 16.4. The predicted octanol–water partition coefficient (Wildman–Crippen LogP) is -1.37. The molecule has 0 unspecified atom stereocenters. The van der Waals surface area contributed by atoms with E-state index >= 15 is 0 Å². The Morgan fingerprint density at radius 3 is 2.40 bits per heavy atom.